The highest BCUT2D eigenvalue weighted by Gasteiger charge is 2.26. The van der Waals surface area contributed by atoms with Crippen LogP contribution in [0.3, 0.4) is 0 Å². The third-order valence-electron chi connectivity index (χ3n) is 4.34. The van der Waals surface area contributed by atoms with Gasteiger partial charge in [0, 0.05) is 41.5 Å². The smallest absolute Gasteiger partial charge is 0.255 e. The molecule has 0 aliphatic rings. The predicted octanol–water partition coefficient (Wildman–Crippen LogP) is 4.23. The van der Waals surface area contributed by atoms with Crippen LogP contribution >= 0.6 is 11.3 Å². The molecule has 1 amide bonds. The number of hydrogen-bond acceptors (Lipinski definition) is 5. The number of halogens is 1. The molecule has 3 aromatic rings. The number of nitrogens with one attached hydrogen (secondary N) is 1. The van der Waals surface area contributed by atoms with E-state index in [1.54, 1.807) is 32.2 Å². The molecule has 152 valence electrons. The van der Waals surface area contributed by atoms with E-state index in [4.69, 9.17) is 0 Å². The minimum absolute atomic E-state index is 0.0566. The second-order valence-electron chi connectivity index (χ2n) is 6.10. The minimum Gasteiger partial charge on any atom is -0.322 e. The summed E-state index contributed by atoms with van der Waals surface area (Å²) in [6.07, 6.45) is 1.72. The number of rotatable bonds is 7. The molecule has 0 spiro atoms. The maximum absolute atomic E-state index is 14.2. The molecule has 1 heterocycles. The van der Waals surface area contributed by atoms with Crippen molar-refractivity contribution in [3.05, 3.63) is 65.4 Å². The normalized spacial score (nSPS) is 11.6. The zero-order chi connectivity index (χ0) is 21.0. The van der Waals surface area contributed by atoms with Crippen LogP contribution in [0.1, 0.15) is 24.2 Å². The van der Waals surface area contributed by atoms with Gasteiger partial charge in [0.15, 0.2) is 0 Å². The highest BCUT2D eigenvalue weighted by Crippen LogP contribution is 2.24. The van der Waals surface area contributed by atoms with Gasteiger partial charge in [-0.1, -0.05) is 13.8 Å². The number of anilines is 1. The molecule has 6 nitrogen and oxygen atoms in total. The molecule has 9 heteroatoms. The summed E-state index contributed by atoms with van der Waals surface area (Å²) in [5, 5.41) is 5.45. The fourth-order valence-corrected chi connectivity index (χ4v) is 5.00. The van der Waals surface area contributed by atoms with Gasteiger partial charge in [-0.15, -0.1) is 11.3 Å². The van der Waals surface area contributed by atoms with Crippen molar-refractivity contribution >= 4 is 33.0 Å². The summed E-state index contributed by atoms with van der Waals surface area (Å²) in [5.41, 5.74) is 1.52. The molecular weight excluding hydrogens is 413 g/mol. The molecule has 1 N–H and O–H groups in total. The maximum atomic E-state index is 14.2. The van der Waals surface area contributed by atoms with Crippen LogP contribution in [0, 0.1) is 5.82 Å². The monoisotopic (exact) mass is 433 g/mol. The van der Waals surface area contributed by atoms with Crippen LogP contribution in [0.5, 0.6) is 0 Å². The molecule has 0 atom stereocenters. The lowest BCUT2D eigenvalue weighted by Crippen LogP contribution is -2.31. The van der Waals surface area contributed by atoms with Crippen molar-refractivity contribution in [2.45, 2.75) is 18.7 Å². The first-order chi connectivity index (χ1) is 13.9. The molecule has 0 aliphatic heterocycles. The van der Waals surface area contributed by atoms with Crippen molar-refractivity contribution < 1.29 is 17.6 Å². The number of hydrogen-bond donors (Lipinski definition) is 1. The van der Waals surface area contributed by atoms with Gasteiger partial charge in [-0.2, -0.15) is 4.31 Å². The third kappa shape index (κ3) is 4.52. The van der Waals surface area contributed by atoms with Crippen LogP contribution < -0.4 is 5.32 Å². The minimum atomic E-state index is -4.02. The van der Waals surface area contributed by atoms with Gasteiger partial charge in [0.1, 0.15) is 15.7 Å². The zero-order valence-electron chi connectivity index (χ0n) is 15.9. The lowest BCUT2D eigenvalue weighted by Gasteiger charge is -2.19. The fourth-order valence-electron chi connectivity index (χ4n) is 2.81. The van der Waals surface area contributed by atoms with Crippen molar-refractivity contribution in [2.75, 3.05) is 18.4 Å². The third-order valence-corrected chi connectivity index (χ3v) is 7.23. The molecule has 0 radical (unpaired) electrons. The van der Waals surface area contributed by atoms with Crippen molar-refractivity contribution in [3.63, 3.8) is 0 Å². The molecule has 0 aliphatic carbocycles. The van der Waals surface area contributed by atoms with Gasteiger partial charge in [0.2, 0.25) is 10.0 Å². The van der Waals surface area contributed by atoms with E-state index in [9.17, 15) is 17.6 Å². The van der Waals surface area contributed by atoms with Crippen molar-refractivity contribution in [3.8, 4) is 10.6 Å². The molecule has 0 bridgehead atoms. The number of carbonyl (C=O) groups excluding carboxylic acids is 1. The molecule has 0 saturated heterocycles. The van der Waals surface area contributed by atoms with E-state index in [1.807, 2.05) is 17.5 Å². The summed E-state index contributed by atoms with van der Waals surface area (Å²) < 4.78 is 40.7. The van der Waals surface area contributed by atoms with Crippen LogP contribution in [0.25, 0.3) is 10.6 Å². The molecule has 0 saturated carbocycles. The largest absolute Gasteiger partial charge is 0.322 e. The summed E-state index contributed by atoms with van der Waals surface area (Å²) in [6, 6.07) is 10.4. The Bertz CT molecular complexity index is 1090. The van der Waals surface area contributed by atoms with E-state index in [0.717, 1.165) is 27.0 Å². The van der Waals surface area contributed by atoms with E-state index in [2.05, 4.69) is 10.3 Å². The summed E-state index contributed by atoms with van der Waals surface area (Å²) in [4.78, 5) is 16.3. The number of benzene rings is 2. The Morgan fingerprint density at radius 3 is 2.41 bits per heavy atom. The molecular formula is C20H20FN3O3S2. The topological polar surface area (TPSA) is 79.4 Å². The van der Waals surface area contributed by atoms with Gasteiger partial charge in [0.05, 0.1) is 0 Å². The van der Waals surface area contributed by atoms with Crippen LogP contribution in [0.2, 0.25) is 0 Å². The Morgan fingerprint density at radius 1 is 1.14 bits per heavy atom. The fraction of sp³-hybridized carbons (Fsp3) is 0.200. The molecule has 0 unspecified atom stereocenters. The maximum Gasteiger partial charge on any atom is 0.255 e. The molecule has 3 rings (SSSR count). The van der Waals surface area contributed by atoms with Gasteiger partial charge < -0.3 is 5.32 Å². The number of thiazole rings is 1. The second kappa shape index (κ2) is 8.81. The quantitative estimate of drug-likeness (QED) is 0.605. The van der Waals surface area contributed by atoms with E-state index in [0.29, 0.717) is 5.69 Å². The second-order valence-corrected chi connectivity index (χ2v) is 8.90. The Morgan fingerprint density at radius 2 is 1.83 bits per heavy atom. The number of nitrogens with zero attached hydrogens (tertiary/aromatic N) is 2. The standard InChI is InChI=1S/C20H20FN3O3S2/c1-3-24(4-2)29(26,27)18-13-15(7-10-17(18)21)19(25)23-16-8-5-14(6-9-16)20-22-11-12-28-20/h5-13H,3-4H2,1-2H3,(H,23,25). The van der Waals surface area contributed by atoms with Crippen LogP contribution in [0.15, 0.2) is 58.9 Å². The van der Waals surface area contributed by atoms with Gasteiger partial charge in [0.25, 0.3) is 5.91 Å². The Kier molecular flexibility index (Phi) is 6.41. The SMILES string of the molecule is CCN(CC)S(=O)(=O)c1cc(C(=O)Nc2ccc(-c3nccs3)cc2)ccc1F. The molecule has 1 aromatic heterocycles. The van der Waals surface area contributed by atoms with Gasteiger partial charge in [-0.25, -0.2) is 17.8 Å². The van der Waals surface area contributed by atoms with E-state index in [-0.39, 0.29) is 18.7 Å². The average Bonchev–Trinajstić information content (AvgIpc) is 3.24. The van der Waals surface area contributed by atoms with Gasteiger partial charge in [-0.05, 0) is 42.5 Å². The van der Waals surface area contributed by atoms with Gasteiger partial charge in [-0.3, -0.25) is 4.79 Å². The van der Waals surface area contributed by atoms with Crippen LogP contribution in [-0.4, -0.2) is 36.7 Å². The van der Waals surface area contributed by atoms with E-state index >= 15 is 0 Å². The number of aromatic nitrogens is 1. The number of carbonyl (C=O) groups is 1. The van der Waals surface area contributed by atoms with Crippen molar-refractivity contribution in [2.24, 2.45) is 0 Å². The zero-order valence-corrected chi connectivity index (χ0v) is 17.6. The highest BCUT2D eigenvalue weighted by molar-refractivity contribution is 7.89. The summed E-state index contributed by atoms with van der Waals surface area (Å²) in [6.45, 7) is 3.76. The Labute approximate surface area is 173 Å². The summed E-state index contributed by atoms with van der Waals surface area (Å²) in [7, 11) is -4.02. The first-order valence-electron chi connectivity index (χ1n) is 8.97. The Hall–Kier alpha value is -2.62. The molecule has 2 aromatic carbocycles. The van der Waals surface area contributed by atoms with E-state index in [1.165, 1.54) is 17.4 Å². The average molecular weight is 434 g/mol. The van der Waals surface area contributed by atoms with Crippen molar-refractivity contribution in [1.29, 1.82) is 0 Å². The first kappa shape index (κ1) is 21.1. The highest BCUT2D eigenvalue weighted by atomic mass is 32.2. The van der Waals surface area contributed by atoms with E-state index < -0.39 is 26.6 Å². The lowest BCUT2D eigenvalue weighted by molar-refractivity contribution is 0.102. The number of amides is 1. The van der Waals surface area contributed by atoms with Crippen molar-refractivity contribution in [1.82, 2.24) is 9.29 Å². The summed E-state index contributed by atoms with van der Waals surface area (Å²) in [5.74, 6) is -1.41. The van der Waals surface area contributed by atoms with Crippen LogP contribution in [0.4, 0.5) is 10.1 Å². The lowest BCUT2D eigenvalue weighted by atomic mass is 10.2. The first-order valence-corrected chi connectivity index (χ1v) is 11.3. The predicted molar refractivity (Wildman–Crippen MR) is 112 cm³/mol. The molecule has 29 heavy (non-hydrogen) atoms. The van der Waals surface area contributed by atoms with Crippen LogP contribution in [-0.2, 0) is 10.0 Å². The Balaban J connectivity index is 1.83. The molecule has 0 fully saturated rings. The summed E-state index contributed by atoms with van der Waals surface area (Å²) >= 11 is 1.51. The number of sulfonamides is 1. The van der Waals surface area contributed by atoms with Gasteiger partial charge >= 0.3 is 0 Å².